The van der Waals surface area contributed by atoms with Gasteiger partial charge >= 0.3 is 0 Å². The molecule has 0 aromatic heterocycles. The first kappa shape index (κ1) is 27.0. The molecule has 36 heavy (non-hydrogen) atoms. The summed E-state index contributed by atoms with van der Waals surface area (Å²) < 4.78 is 38.1. The van der Waals surface area contributed by atoms with Crippen LogP contribution in [0.25, 0.3) is 0 Å². The number of nitrogens with zero attached hydrogens (tertiary/aromatic N) is 1. The molecule has 2 fully saturated rings. The molecular formula is C26H32Cl2N2O5S. The maximum Gasteiger partial charge on any atom is 0.224 e. The largest absolute Gasteiger partial charge is 0.496 e. The predicted octanol–water partition coefficient (Wildman–Crippen LogP) is 6.45. The molecule has 10 heteroatoms. The second-order valence-electron chi connectivity index (χ2n) is 9.79. The molecule has 1 heterocycles. The molecule has 7 nitrogen and oxygen atoms in total. The smallest absolute Gasteiger partial charge is 0.224 e. The summed E-state index contributed by atoms with van der Waals surface area (Å²) in [5, 5.41) is 3.14. The molecular weight excluding hydrogens is 523 g/mol. The molecule has 1 aliphatic carbocycles. The maximum absolute atomic E-state index is 12.7. The number of methoxy groups -OCH3 is 1. The van der Waals surface area contributed by atoms with Crippen molar-refractivity contribution in [2.24, 2.45) is 5.92 Å². The minimum absolute atomic E-state index is 0.0222. The molecule has 1 aliphatic heterocycles. The van der Waals surface area contributed by atoms with Crippen LogP contribution in [0.3, 0.4) is 0 Å². The van der Waals surface area contributed by atoms with Crippen LogP contribution in [0.5, 0.6) is 17.2 Å². The van der Waals surface area contributed by atoms with Crippen LogP contribution in [-0.2, 0) is 14.8 Å². The fourth-order valence-corrected chi connectivity index (χ4v) is 7.07. The summed E-state index contributed by atoms with van der Waals surface area (Å²) in [5.41, 5.74) is 1.45. The van der Waals surface area contributed by atoms with E-state index < -0.39 is 10.0 Å². The molecule has 1 N–H and O–H groups in total. The van der Waals surface area contributed by atoms with Crippen molar-refractivity contribution in [3.05, 3.63) is 45.9 Å². The van der Waals surface area contributed by atoms with Crippen LogP contribution in [0.15, 0.2) is 30.3 Å². The zero-order valence-corrected chi connectivity index (χ0v) is 23.0. The third-order valence-corrected chi connectivity index (χ3v) is 9.51. The highest BCUT2D eigenvalue weighted by Gasteiger charge is 2.41. The number of hydrogen-bond acceptors (Lipinski definition) is 5. The number of halogens is 2. The van der Waals surface area contributed by atoms with E-state index in [1.54, 1.807) is 29.6 Å². The number of sulfonamides is 1. The number of anilines is 1. The fraction of sp³-hybridized carbons (Fsp3) is 0.500. The molecule has 0 unspecified atom stereocenters. The quantitative estimate of drug-likeness (QED) is 0.385. The van der Waals surface area contributed by atoms with Crippen molar-refractivity contribution in [2.45, 2.75) is 57.1 Å². The highest BCUT2D eigenvalue weighted by Crippen LogP contribution is 2.41. The number of nitrogens with one attached hydrogen (secondary N) is 1. The van der Waals surface area contributed by atoms with Crippen LogP contribution >= 0.6 is 23.2 Å². The van der Waals surface area contributed by atoms with Crippen molar-refractivity contribution in [3.63, 3.8) is 0 Å². The van der Waals surface area contributed by atoms with E-state index in [1.807, 2.05) is 12.1 Å². The summed E-state index contributed by atoms with van der Waals surface area (Å²) in [6.45, 7) is 5.06. The van der Waals surface area contributed by atoms with Crippen LogP contribution in [0.4, 0.5) is 5.69 Å². The minimum Gasteiger partial charge on any atom is -0.496 e. The van der Waals surface area contributed by atoms with Gasteiger partial charge in [0.1, 0.15) is 11.5 Å². The van der Waals surface area contributed by atoms with Gasteiger partial charge in [-0.25, -0.2) is 12.7 Å². The summed E-state index contributed by atoms with van der Waals surface area (Å²) in [6.07, 6.45) is 3.29. The molecule has 1 atom stereocenters. The van der Waals surface area contributed by atoms with Gasteiger partial charge in [-0.05, 0) is 67.9 Å². The van der Waals surface area contributed by atoms with E-state index in [0.717, 1.165) is 37.0 Å². The number of carbonyl (C=O) groups excluding carboxylic acids is 1. The number of hydrogen-bond donors (Lipinski definition) is 1. The number of carbonyl (C=O) groups is 1. The lowest BCUT2D eigenvalue weighted by molar-refractivity contribution is -0.117. The van der Waals surface area contributed by atoms with Crippen LogP contribution in [-0.4, -0.2) is 44.1 Å². The van der Waals surface area contributed by atoms with Gasteiger partial charge in [0, 0.05) is 30.8 Å². The summed E-state index contributed by atoms with van der Waals surface area (Å²) in [6, 6.07) is 8.70. The molecule has 4 rings (SSSR count). The second-order valence-corrected chi connectivity index (χ2v) is 12.8. The average molecular weight is 556 g/mol. The number of amides is 1. The molecule has 1 saturated carbocycles. The van der Waals surface area contributed by atoms with Gasteiger partial charge in [0.2, 0.25) is 15.9 Å². The van der Waals surface area contributed by atoms with Gasteiger partial charge in [0.15, 0.2) is 5.75 Å². The summed E-state index contributed by atoms with van der Waals surface area (Å²) in [7, 11) is -1.60. The number of piperidine rings is 1. The lowest BCUT2D eigenvalue weighted by atomic mass is 9.96. The van der Waals surface area contributed by atoms with Crippen molar-refractivity contribution in [1.29, 1.82) is 0 Å². The minimum atomic E-state index is -3.22. The average Bonchev–Trinajstić information content (AvgIpc) is 3.67. The van der Waals surface area contributed by atoms with Crippen LogP contribution in [0, 0.1) is 5.92 Å². The molecule has 196 valence electrons. The van der Waals surface area contributed by atoms with Gasteiger partial charge < -0.3 is 14.8 Å². The fourth-order valence-electron chi connectivity index (χ4n) is 4.55. The third kappa shape index (κ3) is 6.28. The summed E-state index contributed by atoms with van der Waals surface area (Å²) in [5.74, 6) is 1.65. The van der Waals surface area contributed by atoms with Crippen molar-refractivity contribution < 1.29 is 22.7 Å². The maximum atomic E-state index is 12.7. The predicted molar refractivity (Wildman–Crippen MR) is 143 cm³/mol. The van der Waals surface area contributed by atoms with Crippen LogP contribution in [0.1, 0.15) is 57.4 Å². The Morgan fingerprint density at radius 1 is 1.14 bits per heavy atom. The summed E-state index contributed by atoms with van der Waals surface area (Å²) >= 11 is 12.9. The Hall–Kier alpha value is -2.00. The molecule has 2 aromatic carbocycles. The zero-order chi connectivity index (χ0) is 26.0. The summed E-state index contributed by atoms with van der Waals surface area (Å²) in [4.78, 5) is 12.7. The van der Waals surface area contributed by atoms with Crippen LogP contribution < -0.4 is 14.8 Å². The highest BCUT2D eigenvalue weighted by atomic mass is 35.5. The van der Waals surface area contributed by atoms with E-state index >= 15 is 0 Å². The SMILES string of the molecule is COc1ccc(Oc2c(Cl)cc(NC(=O)C[C@H]3CCCN(S(=O)(=O)C4CC4)C3)cc2Cl)cc1C(C)C. The van der Waals surface area contributed by atoms with E-state index in [0.29, 0.717) is 30.3 Å². The van der Waals surface area contributed by atoms with E-state index in [2.05, 4.69) is 19.2 Å². The zero-order valence-electron chi connectivity index (χ0n) is 20.7. The Balaban J connectivity index is 1.40. The Labute approximate surface area is 223 Å². The first-order chi connectivity index (χ1) is 17.1. The normalized spacial score (nSPS) is 18.8. The van der Waals surface area contributed by atoms with E-state index in [4.69, 9.17) is 32.7 Å². The topological polar surface area (TPSA) is 84.9 Å². The molecule has 1 amide bonds. The molecule has 0 spiro atoms. The molecule has 0 bridgehead atoms. The Kier molecular flexibility index (Phi) is 8.39. The van der Waals surface area contributed by atoms with Crippen molar-refractivity contribution in [3.8, 4) is 17.2 Å². The monoisotopic (exact) mass is 554 g/mol. The Bertz CT molecular complexity index is 1210. The number of benzene rings is 2. The van der Waals surface area contributed by atoms with Crippen LogP contribution in [0.2, 0.25) is 10.0 Å². The number of rotatable bonds is 9. The van der Waals surface area contributed by atoms with E-state index in [1.165, 1.54) is 0 Å². The Morgan fingerprint density at radius 2 is 1.83 bits per heavy atom. The van der Waals surface area contributed by atoms with Gasteiger partial charge in [0.25, 0.3) is 0 Å². The van der Waals surface area contributed by atoms with Gasteiger partial charge in [0.05, 0.1) is 22.4 Å². The van der Waals surface area contributed by atoms with Gasteiger partial charge in [-0.3, -0.25) is 4.79 Å². The lowest BCUT2D eigenvalue weighted by Gasteiger charge is -2.31. The van der Waals surface area contributed by atoms with Gasteiger partial charge in [-0.2, -0.15) is 0 Å². The van der Waals surface area contributed by atoms with Gasteiger partial charge in [-0.15, -0.1) is 0 Å². The molecule has 2 aliphatic rings. The standard InChI is InChI=1S/C26H32Cl2N2O5S/c1-16(2)21-14-19(6-9-24(21)34-3)35-26-22(27)12-18(13-23(26)28)29-25(31)11-17-5-4-10-30(15-17)36(32,33)20-7-8-20/h6,9,12-14,16-17,20H,4-5,7-8,10-11,15H2,1-3H3,(H,29,31)/t17-/m1/s1. The van der Waals surface area contributed by atoms with Gasteiger partial charge in [-0.1, -0.05) is 37.0 Å². The van der Waals surface area contributed by atoms with E-state index in [9.17, 15) is 13.2 Å². The number of ether oxygens (including phenoxy) is 2. The van der Waals surface area contributed by atoms with E-state index in [-0.39, 0.29) is 39.5 Å². The molecule has 2 aromatic rings. The van der Waals surface area contributed by atoms with Crippen molar-refractivity contribution >= 4 is 44.8 Å². The third-order valence-electron chi connectivity index (χ3n) is 6.59. The van der Waals surface area contributed by atoms with Crippen molar-refractivity contribution in [2.75, 3.05) is 25.5 Å². The first-order valence-electron chi connectivity index (χ1n) is 12.2. The highest BCUT2D eigenvalue weighted by molar-refractivity contribution is 7.90. The Morgan fingerprint density at radius 3 is 2.44 bits per heavy atom. The lowest BCUT2D eigenvalue weighted by Crippen LogP contribution is -2.42. The molecule has 0 radical (unpaired) electrons. The first-order valence-corrected chi connectivity index (χ1v) is 14.5. The van der Waals surface area contributed by atoms with Crippen molar-refractivity contribution in [1.82, 2.24) is 4.31 Å². The molecule has 1 saturated heterocycles. The second kappa shape index (κ2) is 11.2.